The molecule has 0 atom stereocenters. The normalized spacial score (nSPS) is 10.3. The molecule has 0 saturated carbocycles. The number of thiophene rings is 1. The Bertz CT molecular complexity index is 556. The zero-order valence-electron chi connectivity index (χ0n) is 9.50. The molecule has 2 aromatic heterocycles. The van der Waals surface area contributed by atoms with Crippen molar-refractivity contribution < 1.29 is 9.90 Å². The molecule has 0 aliphatic heterocycles. The Morgan fingerprint density at radius 1 is 1.44 bits per heavy atom. The number of anilines is 1. The average Bonchev–Trinajstić information content (AvgIpc) is 2.75. The fourth-order valence-electron chi connectivity index (χ4n) is 1.37. The number of carbonyl (C=O) groups is 1. The highest BCUT2D eigenvalue weighted by atomic mass is 35.5. The zero-order chi connectivity index (χ0) is 13.1. The Hall–Kier alpha value is -1.66. The highest BCUT2D eigenvalue weighted by Crippen LogP contribution is 2.23. The number of halogens is 1. The molecule has 7 heteroatoms. The maximum absolute atomic E-state index is 10.7. The molecule has 0 bridgehead atoms. The molecule has 18 heavy (non-hydrogen) atoms. The largest absolute Gasteiger partial charge is 0.478 e. The topological polar surface area (TPSA) is 66.3 Å². The van der Waals surface area contributed by atoms with Crippen molar-refractivity contribution in [3.63, 3.8) is 0 Å². The van der Waals surface area contributed by atoms with Crippen molar-refractivity contribution in [1.82, 2.24) is 9.97 Å². The van der Waals surface area contributed by atoms with Crippen molar-refractivity contribution in [1.29, 1.82) is 0 Å². The summed E-state index contributed by atoms with van der Waals surface area (Å²) in [4.78, 5) is 21.6. The maximum Gasteiger partial charge on any atom is 0.338 e. The van der Waals surface area contributed by atoms with E-state index in [1.54, 1.807) is 0 Å². The van der Waals surface area contributed by atoms with Crippen LogP contribution in [0, 0.1) is 0 Å². The van der Waals surface area contributed by atoms with E-state index in [1.807, 2.05) is 24.1 Å². The van der Waals surface area contributed by atoms with Crippen LogP contribution in [-0.4, -0.2) is 28.1 Å². The summed E-state index contributed by atoms with van der Waals surface area (Å²) in [5.74, 6) is -0.557. The van der Waals surface area contributed by atoms with E-state index in [0.717, 1.165) is 9.21 Å². The quantitative estimate of drug-likeness (QED) is 0.934. The minimum absolute atomic E-state index is 0.0753. The van der Waals surface area contributed by atoms with Gasteiger partial charge in [-0.15, -0.1) is 11.3 Å². The van der Waals surface area contributed by atoms with Gasteiger partial charge in [0.2, 0.25) is 5.95 Å². The number of carboxylic acid groups (broad SMARTS) is 1. The van der Waals surface area contributed by atoms with Crippen molar-refractivity contribution >= 4 is 34.9 Å². The van der Waals surface area contributed by atoms with E-state index >= 15 is 0 Å². The average molecular weight is 284 g/mol. The van der Waals surface area contributed by atoms with Gasteiger partial charge in [-0.25, -0.2) is 14.8 Å². The second kappa shape index (κ2) is 5.32. The molecule has 1 N–H and O–H groups in total. The standard InChI is InChI=1S/C11H10ClN3O2S/c1-15(6-8-2-3-9(12)18-8)11-13-4-7(5-14-11)10(16)17/h2-5H,6H2,1H3,(H,16,17). The highest BCUT2D eigenvalue weighted by molar-refractivity contribution is 7.16. The lowest BCUT2D eigenvalue weighted by molar-refractivity contribution is 0.0696. The second-order valence-corrected chi connectivity index (χ2v) is 5.44. The third-order valence-electron chi connectivity index (χ3n) is 2.25. The predicted octanol–water partition coefficient (Wildman–Crippen LogP) is 2.53. The van der Waals surface area contributed by atoms with E-state index < -0.39 is 5.97 Å². The van der Waals surface area contributed by atoms with Crippen LogP contribution in [0.5, 0.6) is 0 Å². The molecular formula is C11H10ClN3O2S. The summed E-state index contributed by atoms with van der Waals surface area (Å²) in [5.41, 5.74) is 0.0753. The van der Waals surface area contributed by atoms with Gasteiger partial charge < -0.3 is 10.0 Å². The van der Waals surface area contributed by atoms with Gasteiger partial charge in [0, 0.05) is 24.3 Å². The molecular weight excluding hydrogens is 274 g/mol. The molecule has 2 aromatic rings. The molecule has 0 aliphatic rings. The van der Waals surface area contributed by atoms with E-state index in [-0.39, 0.29) is 5.56 Å². The van der Waals surface area contributed by atoms with Gasteiger partial charge in [0.1, 0.15) is 0 Å². The highest BCUT2D eigenvalue weighted by Gasteiger charge is 2.09. The van der Waals surface area contributed by atoms with E-state index in [9.17, 15) is 4.79 Å². The Morgan fingerprint density at radius 3 is 2.61 bits per heavy atom. The Balaban J connectivity index is 2.09. The molecule has 0 radical (unpaired) electrons. The summed E-state index contributed by atoms with van der Waals surface area (Å²) in [6.45, 7) is 0.629. The Kier molecular flexibility index (Phi) is 3.78. The van der Waals surface area contributed by atoms with Gasteiger partial charge in [0.25, 0.3) is 0 Å². The van der Waals surface area contributed by atoms with Crippen LogP contribution in [0.1, 0.15) is 15.2 Å². The molecule has 5 nitrogen and oxygen atoms in total. The third kappa shape index (κ3) is 2.96. The van der Waals surface area contributed by atoms with E-state index in [1.165, 1.54) is 23.7 Å². The third-order valence-corrected chi connectivity index (χ3v) is 3.46. The van der Waals surface area contributed by atoms with Gasteiger partial charge in [0.05, 0.1) is 16.4 Å². The van der Waals surface area contributed by atoms with Crippen molar-refractivity contribution in [2.45, 2.75) is 6.54 Å². The molecule has 0 saturated heterocycles. The Morgan fingerprint density at radius 2 is 2.11 bits per heavy atom. The van der Waals surface area contributed by atoms with Crippen LogP contribution >= 0.6 is 22.9 Å². The van der Waals surface area contributed by atoms with Crippen LogP contribution < -0.4 is 4.90 Å². The summed E-state index contributed by atoms with van der Waals surface area (Å²) in [6.07, 6.45) is 2.59. The van der Waals surface area contributed by atoms with Gasteiger partial charge in [-0.05, 0) is 12.1 Å². The first kappa shape index (κ1) is 12.8. The Labute approximate surface area is 113 Å². The lowest BCUT2D eigenvalue weighted by Crippen LogP contribution is -2.18. The molecule has 0 aromatic carbocycles. The van der Waals surface area contributed by atoms with Crippen LogP contribution in [0.4, 0.5) is 5.95 Å². The summed E-state index contributed by atoms with van der Waals surface area (Å²) in [6, 6.07) is 3.78. The van der Waals surface area contributed by atoms with Crippen molar-refractivity contribution in [2.75, 3.05) is 11.9 Å². The van der Waals surface area contributed by atoms with E-state index in [4.69, 9.17) is 16.7 Å². The first-order chi connectivity index (χ1) is 8.56. The minimum Gasteiger partial charge on any atom is -0.478 e. The van der Waals surface area contributed by atoms with Crippen molar-refractivity contribution in [3.8, 4) is 0 Å². The van der Waals surface area contributed by atoms with E-state index in [2.05, 4.69) is 9.97 Å². The fraction of sp³-hybridized carbons (Fsp3) is 0.182. The van der Waals surface area contributed by atoms with Crippen LogP contribution in [-0.2, 0) is 6.54 Å². The fourth-order valence-corrected chi connectivity index (χ4v) is 2.51. The first-order valence-corrected chi connectivity index (χ1v) is 6.26. The summed E-state index contributed by atoms with van der Waals surface area (Å²) >= 11 is 7.34. The monoisotopic (exact) mass is 283 g/mol. The maximum atomic E-state index is 10.7. The van der Waals surface area contributed by atoms with Crippen LogP contribution in [0.15, 0.2) is 24.5 Å². The van der Waals surface area contributed by atoms with Gasteiger partial charge in [-0.3, -0.25) is 0 Å². The lowest BCUT2D eigenvalue weighted by Gasteiger charge is -2.15. The zero-order valence-corrected chi connectivity index (χ0v) is 11.1. The van der Waals surface area contributed by atoms with Crippen molar-refractivity contribution in [2.24, 2.45) is 0 Å². The second-order valence-electron chi connectivity index (χ2n) is 3.64. The van der Waals surface area contributed by atoms with Gasteiger partial charge >= 0.3 is 5.97 Å². The van der Waals surface area contributed by atoms with Gasteiger partial charge in [0.15, 0.2) is 0 Å². The number of carboxylic acids is 1. The SMILES string of the molecule is CN(Cc1ccc(Cl)s1)c1ncc(C(=O)O)cn1. The summed E-state index contributed by atoms with van der Waals surface area (Å²) in [5, 5.41) is 8.75. The molecule has 0 aliphatic carbocycles. The van der Waals surface area contributed by atoms with Crippen molar-refractivity contribution in [3.05, 3.63) is 39.3 Å². The number of hydrogen-bond donors (Lipinski definition) is 1. The molecule has 0 amide bonds. The van der Waals surface area contributed by atoms with Crippen LogP contribution in [0.3, 0.4) is 0 Å². The number of aromatic nitrogens is 2. The predicted molar refractivity (Wildman–Crippen MR) is 70.4 cm³/mol. The molecule has 94 valence electrons. The lowest BCUT2D eigenvalue weighted by atomic mass is 10.3. The molecule has 0 spiro atoms. The first-order valence-electron chi connectivity index (χ1n) is 5.07. The summed E-state index contributed by atoms with van der Waals surface area (Å²) < 4.78 is 0.737. The summed E-state index contributed by atoms with van der Waals surface area (Å²) in [7, 11) is 1.84. The molecule has 0 fully saturated rings. The molecule has 0 unspecified atom stereocenters. The van der Waals surface area contributed by atoms with Gasteiger partial charge in [-0.2, -0.15) is 0 Å². The number of aromatic carboxylic acids is 1. The minimum atomic E-state index is -1.03. The van der Waals surface area contributed by atoms with Crippen LogP contribution in [0.2, 0.25) is 4.34 Å². The smallest absolute Gasteiger partial charge is 0.338 e. The van der Waals surface area contributed by atoms with E-state index in [0.29, 0.717) is 12.5 Å². The van der Waals surface area contributed by atoms with Crippen LogP contribution in [0.25, 0.3) is 0 Å². The van der Waals surface area contributed by atoms with Gasteiger partial charge in [-0.1, -0.05) is 11.6 Å². The number of rotatable bonds is 4. The molecule has 2 heterocycles. The number of hydrogen-bond acceptors (Lipinski definition) is 5. The molecule has 2 rings (SSSR count). The number of nitrogens with zero attached hydrogens (tertiary/aromatic N) is 3.